The molecule has 1 unspecified atom stereocenters. The molecule has 0 saturated carbocycles. The maximum absolute atomic E-state index is 12.0. The molecule has 0 aliphatic rings. The van der Waals surface area contributed by atoms with Crippen molar-refractivity contribution in [3.05, 3.63) is 23.3 Å². The van der Waals surface area contributed by atoms with E-state index >= 15 is 0 Å². The van der Waals surface area contributed by atoms with Gasteiger partial charge in [-0.3, -0.25) is 4.79 Å². The summed E-state index contributed by atoms with van der Waals surface area (Å²) in [5.74, 6) is 0.952. The Morgan fingerprint density at radius 3 is 2.16 bits per heavy atom. The highest BCUT2D eigenvalue weighted by molar-refractivity contribution is 5.80. The molecule has 106 valence electrons. The first-order valence-corrected chi connectivity index (χ1v) is 6.27. The van der Waals surface area contributed by atoms with E-state index in [0.29, 0.717) is 5.75 Å². The maximum Gasteiger partial charge on any atom is 0.313 e. The molecule has 0 amide bonds. The molecule has 4 heteroatoms. The van der Waals surface area contributed by atoms with Gasteiger partial charge >= 0.3 is 5.97 Å². The van der Waals surface area contributed by atoms with Gasteiger partial charge in [-0.25, -0.2) is 0 Å². The van der Waals surface area contributed by atoms with Gasteiger partial charge in [-0.05, 0) is 18.9 Å². The lowest BCUT2D eigenvalue weighted by molar-refractivity contribution is -0.143. The Morgan fingerprint density at radius 1 is 1.11 bits per heavy atom. The minimum absolute atomic E-state index is 0.120. The van der Waals surface area contributed by atoms with Crippen LogP contribution in [-0.4, -0.2) is 27.3 Å². The summed E-state index contributed by atoms with van der Waals surface area (Å²) in [5.41, 5.74) is 1.72. The minimum Gasteiger partial charge on any atom is -0.496 e. The summed E-state index contributed by atoms with van der Waals surface area (Å²) in [5, 5.41) is 0. The standard InChI is InChI=1S/C15H22O4/c1-9(2)13(15(16)19-6)11-7-8-12(17-4)10(3)14(11)18-5/h7-9,13H,1-6H3. The molecule has 0 bridgehead atoms. The number of esters is 1. The van der Waals surface area contributed by atoms with Crippen molar-refractivity contribution in [1.29, 1.82) is 0 Å². The van der Waals surface area contributed by atoms with Crippen molar-refractivity contribution in [3.63, 3.8) is 0 Å². The topological polar surface area (TPSA) is 44.8 Å². The van der Waals surface area contributed by atoms with Gasteiger partial charge in [0.05, 0.1) is 27.2 Å². The molecule has 0 fully saturated rings. The Hall–Kier alpha value is -1.71. The van der Waals surface area contributed by atoms with Crippen molar-refractivity contribution < 1.29 is 19.0 Å². The molecule has 0 saturated heterocycles. The highest BCUT2D eigenvalue weighted by atomic mass is 16.5. The molecule has 0 spiro atoms. The first kappa shape index (κ1) is 15.3. The van der Waals surface area contributed by atoms with E-state index in [0.717, 1.165) is 16.9 Å². The molecule has 0 heterocycles. The summed E-state index contributed by atoms with van der Waals surface area (Å²) in [4.78, 5) is 12.0. The number of rotatable bonds is 5. The first-order valence-electron chi connectivity index (χ1n) is 6.27. The normalized spacial score (nSPS) is 12.2. The van der Waals surface area contributed by atoms with Crippen LogP contribution >= 0.6 is 0 Å². The van der Waals surface area contributed by atoms with Crippen molar-refractivity contribution >= 4 is 5.97 Å². The quantitative estimate of drug-likeness (QED) is 0.769. The van der Waals surface area contributed by atoms with Crippen molar-refractivity contribution in [2.24, 2.45) is 5.92 Å². The number of carbonyl (C=O) groups is 1. The zero-order valence-electron chi connectivity index (χ0n) is 12.4. The van der Waals surface area contributed by atoms with Gasteiger partial charge in [0.1, 0.15) is 11.5 Å². The van der Waals surface area contributed by atoms with Crippen molar-refractivity contribution in [1.82, 2.24) is 0 Å². The molecule has 1 atom stereocenters. The summed E-state index contributed by atoms with van der Waals surface area (Å²) < 4.78 is 15.6. The Balaban J connectivity index is 3.39. The number of hydrogen-bond donors (Lipinski definition) is 0. The third-order valence-electron chi connectivity index (χ3n) is 3.27. The fraction of sp³-hybridized carbons (Fsp3) is 0.533. The van der Waals surface area contributed by atoms with E-state index in [1.807, 2.05) is 32.9 Å². The molecule has 0 aliphatic heterocycles. The van der Waals surface area contributed by atoms with E-state index in [1.54, 1.807) is 14.2 Å². The van der Waals surface area contributed by atoms with Crippen LogP contribution in [0.1, 0.15) is 30.9 Å². The van der Waals surface area contributed by atoms with Gasteiger partial charge in [0, 0.05) is 11.1 Å². The van der Waals surface area contributed by atoms with E-state index in [2.05, 4.69) is 0 Å². The van der Waals surface area contributed by atoms with Gasteiger partial charge in [0.25, 0.3) is 0 Å². The smallest absolute Gasteiger partial charge is 0.313 e. The zero-order chi connectivity index (χ0) is 14.6. The van der Waals surface area contributed by atoms with E-state index in [1.165, 1.54) is 7.11 Å². The number of hydrogen-bond acceptors (Lipinski definition) is 4. The summed E-state index contributed by atoms with van der Waals surface area (Å²) in [6.07, 6.45) is 0. The lowest BCUT2D eigenvalue weighted by atomic mass is 9.86. The molecular weight excluding hydrogens is 244 g/mol. The molecule has 0 aliphatic carbocycles. The molecule has 1 rings (SSSR count). The Bertz CT molecular complexity index is 452. The van der Waals surface area contributed by atoms with Crippen LogP contribution in [0.15, 0.2) is 12.1 Å². The van der Waals surface area contributed by atoms with E-state index in [9.17, 15) is 4.79 Å². The Kier molecular flexibility index (Phi) is 5.21. The largest absolute Gasteiger partial charge is 0.496 e. The third-order valence-corrected chi connectivity index (χ3v) is 3.27. The average Bonchev–Trinajstić information content (AvgIpc) is 2.38. The number of benzene rings is 1. The monoisotopic (exact) mass is 266 g/mol. The van der Waals surface area contributed by atoms with Crippen LogP contribution in [0.5, 0.6) is 11.5 Å². The first-order chi connectivity index (χ1) is 8.97. The summed E-state index contributed by atoms with van der Waals surface area (Å²) in [6.45, 7) is 5.89. The molecule has 4 nitrogen and oxygen atoms in total. The molecule has 1 aromatic rings. The summed E-state index contributed by atoms with van der Waals surface area (Å²) >= 11 is 0. The highest BCUT2D eigenvalue weighted by Gasteiger charge is 2.29. The van der Waals surface area contributed by atoms with E-state index < -0.39 is 0 Å². The van der Waals surface area contributed by atoms with Crippen LogP contribution < -0.4 is 9.47 Å². The second kappa shape index (κ2) is 6.45. The molecule has 19 heavy (non-hydrogen) atoms. The number of methoxy groups -OCH3 is 3. The molecule has 1 aromatic carbocycles. The van der Waals surface area contributed by atoms with Crippen LogP contribution in [0.25, 0.3) is 0 Å². The van der Waals surface area contributed by atoms with E-state index in [-0.39, 0.29) is 17.8 Å². The van der Waals surface area contributed by atoms with Gasteiger partial charge in [-0.15, -0.1) is 0 Å². The minimum atomic E-state index is -0.343. The van der Waals surface area contributed by atoms with Crippen molar-refractivity contribution in [2.45, 2.75) is 26.7 Å². The summed E-state index contributed by atoms with van der Waals surface area (Å²) in [7, 11) is 4.61. The van der Waals surface area contributed by atoms with Gasteiger partial charge < -0.3 is 14.2 Å². The fourth-order valence-electron chi connectivity index (χ4n) is 2.32. The van der Waals surface area contributed by atoms with Gasteiger partial charge in [-0.1, -0.05) is 19.9 Å². The fourth-order valence-corrected chi connectivity index (χ4v) is 2.32. The van der Waals surface area contributed by atoms with Crippen LogP contribution in [0.2, 0.25) is 0 Å². The second-order valence-electron chi connectivity index (χ2n) is 4.76. The van der Waals surface area contributed by atoms with Crippen LogP contribution in [0.4, 0.5) is 0 Å². The van der Waals surface area contributed by atoms with Gasteiger partial charge in [0.15, 0.2) is 0 Å². The second-order valence-corrected chi connectivity index (χ2v) is 4.76. The lowest BCUT2D eigenvalue weighted by Gasteiger charge is -2.23. The Morgan fingerprint density at radius 2 is 1.74 bits per heavy atom. The van der Waals surface area contributed by atoms with Gasteiger partial charge in [-0.2, -0.15) is 0 Å². The van der Waals surface area contributed by atoms with Crippen LogP contribution in [0, 0.1) is 12.8 Å². The SMILES string of the molecule is COC(=O)C(c1ccc(OC)c(C)c1OC)C(C)C. The highest BCUT2D eigenvalue weighted by Crippen LogP contribution is 2.38. The maximum atomic E-state index is 12.0. The molecule has 0 radical (unpaired) electrons. The predicted octanol–water partition coefficient (Wildman–Crippen LogP) is 2.92. The van der Waals surface area contributed by atoms with Gasteiger partial charge in [0.2, 0.25) is 0 Å². The summed E-state index contributed by atoms with van der Waals surface area (Å²) in [6, 6.07) is 3.72. The predicted molar refractivity (Wildman–Crippen MR) is 73.9 cm³/mol. The third kappa shape index (κ3) is 3.00. The molecule has 0 N–H and O–H groups in total. The van der Waals surface area contributed by atoms with Crippen LogP contribution in [0.3, 0.4) is 0 Å². The average molecular weight is 266 g/mol. The van der Waals surface area contributed by atoms with Crippen molar-refractivity contribution in [2.75, 3.05) is 21.3 Å². The molecular formula is C15H22O4. The Labute approximate surface area is 114 Å². The van der Waals surface area contributed by atoms with Crippen LogP contribution in [-0.2, 0) is 9.53 Å². The van der Waals surface area contributed by atoms with Crippen molar-refractivity contribution in [3.8, 4) is 11.5 Å². The lowest BCUT2D eigenvalue weighted by Crippen LogP contribution is -2.20. The molecule has 0 aromatic heterocycles. The number of carbonyl (C=O) groups excluding carboxylic acids is 1. The zero-order valence-corrected chi connectivity index (χ0v) is 12.4. The van der Waals surface area contributed by atoms with E-state index in [4.69, 9.17) is 14.2 Å². The number of ether oxygens (including phenoxy) is 3.